The first-order chi connectivity index (χ1) is 7.84. The second-order valence-electron chi connectivity index (χ2n) is 4.29. The van der Waals surface area contributed by atoms with Gasteiger partial charge in [0.2, 0.25) is 0 Å². The third-order valence-electron chi connectivity index (χ3n) is 2.63. The van der Waals surface area contributed by atoms with Gasteiger partial charge >= 0.3 is 0 Å². The van der Waals surface area contributed by atoms with Gasteiger partial charge in [-0.2, -0.15) is 0 Å². The molecule has 0 amide bonds. The summed E-state index contributed by atoms with van der Waals surface area (Å²) in [4.78, 5) is 21.8. The minimum atomic E-state index is -0.647. The molecule has 1 aromatic carbocycles. The fraction of sp³-hybridized carbons (Fsp3) is 0.417. The van der Waals surface area contributed by atoms with Gasteiger partial charge in [0.15, 0.2) is 0 Å². The lowest BCUT2D eigenvalue weighted by atomic mass is 9.84. The molecule has 1 atom stereocenters. The van der Waals surface area contributed by atoms with Crippen molar-refractivity contribution in [3.8, 4) is 0 Å². The molecule has 0 heterocycles. The Morgan fingerprint density at radius 2 is 2.00 bits per heavy atom. The first kappa shape index (κ1) is 13.3. The van der Waals surface area contributed by atoms with Crippen molar-refractivity contribution in [1.82, 2.24) is 0 Å². The topological polar surface area (TPSA) is 60.2 Å². The normalized spacial score (nSPS) is 12.5. The van der Waals surface area contributed by atoms with E-state index in [0.717, 1.165) is 18.2 Å². The molecule has 4 nitrogen and oxygen atoms in total. The van der Waals surface area contributed by atoms with Crippen LogP contribution in [0.3, 0.4) is 0 Å². The molecule has 0 radical (unpaired) electrons. The van der Waals surface area contributed by atoms with E-state index in [1.165, 1.54) is 6.92 Å². The lowest BCUT2D eigenvalue weighted by Crippen LogP contribution is -2.17. The minimum absolute atomic E-state index is 0.118. The monoisotopic (exact) mass is 239 g/mol. The molecule has 1 aromatic rings. The van der Waals surface area contributed by atoms with Gasteiger partial charge in [0.25, 0.3) is 5.69 Å². The van der Waals surface area contributed by atoms with Crippen LogP contribution >= 0.6 is 0 Å². The van der Waals surface area contributed by atoms with Crippen LogP contribution in [0, 0.1) is 21.8 Å². The molecule has 0 saturated heterocycles. The summed E-state index contributed by atoms with van der Waals surface area (Å²) in [6.45, 7) is 4.92. The van der Waals surface area contributed by atoms with Crippen molar-refractivity contribution < 1.29 is 14.1 Å². The van der Waals surface area contributed by atoms with Gasteiger partial charge in [0, 0.05) is 11.6 Å². The van der Waals surface area contributed by atoms with E-state index in [0.29, 0.717) is 0 Å². The van der Waals surface area contributed by atoms with E-state index in [-0.39, 0.29) is 23.0 Å². The maximum Gasteiger partial charge on any atom is 0.273 e. The Kier molecular flexibility index (Phi) is 3.93. The zero-order valence-corrected chi connectivity index (χ0v) is 9.94. The number of carbonyl (C=O) groups is 1. The van der Waals surface area contributed by atoms with E-state index in [1.54, 1.807) is 13.8 Å². The van der Waals surface area contributed by atoms with Crippen LogP contribution in [0.15, 0.2) is 18.2 Å². The van der Waals surface area contributed by atoms with Gasteiger partial charge in [-0.15, -0.1) is 0 Å². The smallest absolute Gasteiger partial charge is 0.273 e. The summed E-state index contributed by atoms with van der Waals surface area (Å²) in [5.41, 5.74) is -0.0576. The molecule has 0 N–H and O–H groups in total. The molecule has 0 spiro atoms. The van der Waals surface area contributed by atoms with Crippen LogP contribution in [0.5, 0.6) is 0 Å². The second kappa shape index (κ2) is 5.03. The van der Waals surface area contributed by atoms with Crippen LogP contribution in [-0.2, 0) is 4.79 Å². The number of nitrogens with zero attached hydrogens (tertiary/aromatic N) is 1. The number of Topliss-reactive ketones (excluding diaryl/α,β-unsaturated/α-hetero) is 1. The molecule has 0 aliphatic rings. The predicted molar refractivity (Wildman–Crippen MR) is 61.3 cm³/mol. The Balaban J connectivity index is 3.40. The standard InChI is InChI=1S/C12H14FNO3/c1-7(2)12(8(3)15)10-6-9(13)4-5-11(10)14(16)17/h4-7,12H,1-3H3. The highest BCUT2D eigenvalue weighted by atomic mass is 19.1. The lowest BCUT2D eigenvalue weighted by Gasteiger charge is -2.18. The third kappa shape index (κ3) is 2.87. The molecular weight excluding hydrogens is 225 g/mol. The van der Waals surface area contributed by atoms with Crippen LogP contribution in [-0.4, -0.2) is 10.7 Å². The van der Waals surface area contributed by atoms with E-state index in [9.17, 15) is 19.3 Å². The van der Waals surface area contributed by atoms with Crippen LogP contribution in [0.1, 0.15) is 32.3 Å². The highest BCUT2D eigenvalue weighted by Gasteiger charge is 2.28. The van der Waals surface area contributed by atoms with Crippen molar-refractivity contribution in [2.45, 2.75) is 26.7 Å². The summed E-state index contributed by atoms with van der Waals surface area (Å²) >= 11 is 0. The zero-order valence-electron chi connectivity index (χ0n) is 9.94. The third-order valence-corrected chi connectivity index (χ3v) is 2.63. The van der Waals surface area contributed by atoms with E-state index in [4.69, 9.17) is 0 Å². The van der Waals surface area contributed by atoms with Gasteiger partial charge in [-0.3, -0.25) is 14.9 Å². The molecule has 0 bridgehead atoms. The number of nitro groups is 1. The van der Waals surface area contributed by atoms with Crippen LogP contribution in [0.25, 0.3) is 0 Å². The average molecular weight is 239 g/mol. The van der Waals surface area contributed by atoms with Gasteiger partial charge in [-0.05, 0) is 25.0 Å². The average Bonchev–Trinajstić information content (AvgIpc) is 2.15. The maximum absolute atomic E-state index is 13.2. The van der Waals surface area contributed by atoms with E-state index >= 15 is 0 Å². The first-order valence-electron chi connectivity index (χ1n) is 5.29. The van der Waals surface area contributed by atoms with Crippen molar-refractivity contribution in [2.75, 3.05) is 0 Å². The molecule has 17 heavy (non-hydrogen) atoms. The molecule has 5 heteroatoms. The summed E-state index contributed by atoms with van der Waals surface area (Å²) in [6.07, 6.45) is 0. The Morgan fingerprint density at radius 1 is 1.41 bits per heavy atom. The number of halogens is 1. The fourth-order valence-electron chi connectivity index (χ4n) is 1.99. The van der Waals surface area contributed by atoms with E-state index in [1.807, 2.05) is 0 Å². The summed E-state index contributed by atoms with van der Waals surface area (Å²) in [6, 6.07) is 3.20. The van der Waals surface area contributed by atoms with Gasteiger partial charge < -0.3 is 0 Å². The van der Waals surface area contributed by atoms with Crippen molar-refractivity contribution in [2.24, 2.45) is 5.92 Å². The molecular formula is C12H14FNO3. The quantitative estimate of drug-likeness (QED) is 0.599. The van der Waals surface area contributed by atoms with Crippen LogP contribution in [0.4, 0.5) is 10.1 Å². The fourth-order valence-corrected chi connectivity index (χ4v) is 1.99. The number of hydrogen-bond donors (Lipinski definition) is 0. The van der Waals surface area contributed by atoms with Crippen molar-refractivity contribution in [3.05, 3.63) is 39.7 Å². The highest BCUT2D eigenvalue weighted by molar-refractivity contribution is 5.84. The number of rotatable bonds is 4. The minimum Gasteiger partial charge on any atom is -0.299 e. The van der Waals surface area contributed by atoms with Crippen molar-refractivity contribution in [1.29, 1.82) is 0 Å². The maximum atomic E-state index is 13.2. The molecule has 92 valence electrons. The van der Waals surface area contributed by atoms with E-state index in [2.05, 4.69) is 0 Å². The van der Waals surface area contributed by atoms with Gasteiger partial charge in [-0.1, -0.05) is 13.8 Å². The van der Waals surface area contributed by atoms with Crippen LogP contribution < -0.4 is 0 Å². The molecule has 1 unspecified atom stereocenters. The SMILES string of the molecule is CC(=O)C(c1cc(F)ccc1[N+](=O)[O-])C(C)C. The molecule has 0 aliphatic carbocycles. The number of benzene rings is 1. The molecule has 0 fully saturated rings. The summed E-state index contributed by atoms with van der Waals surface area (Å²) < 4.78 is 13.2. The second-order valence-corrected chi connectivity index (χ2v) is 4.29. The van der Waals surface area contributed by atoms with Gasteiger partial charge in [-0.25, -0.2) is 4.39 Å². The molecule has 0 saturated carbocycles. The largest absolute Gasteiger partial charge is 0.299 e. The first-order valence-corrected chi connectivity index (χ1v) is 5.29. The molecule has 0 aromatic heterocycles. The summed E-state index contributed by atoms with van der Waals surface area (Å²) in [5, 5.41) is 10.9. The van der Waals surface area contributed by atoms with Gasteiger partial charge in [0.1, 0.15) is 11.6 Å². The Bertz CT molecular complexity index is 457. The molecule has 1 rings (SSSR count). The van der Waals surface area contributed by atoms with Gasteiger partial charge in [0.05, 0.1) is 10.8 Å². The zero-order chi connectivity index (χ0) is 13.2. The summed E-state index contributed by atoms with van der Waals surface area (Å²) in [7, 11) is 0. The Morgan fingerprint density at radius 3 is 2.41 bits per heavy atom. The Hall–Kier alpha value is -1.78. The number of hydrogen-bond acceptors (Lipinski definition) is 3. The number of carbonyl (C=O) groups excluding carboxylic acids is 1. The lowest BCUT2D eigenvalue weighted by molar-refractivity contribution is -0.385. The summed E-state index contributed by atoms with van der Waals surface area (Å²) in [5.74, 6) is -1.54. The highest BCUT2D eigenvalue weighted by Crippen LogP contribution is 2.33. The van der Waals surface area contributed by atoms with E-state index < -0.39 is 16.7 Å². The Labute approximate surface area is 98.6 Å². The van der Waals surface area contributed by atoms with Crippen LogP contribution in [0.2, 0.25) is 0 Å². The predicted octanol–water partition coefficient (Wildman–Crippen LogP) is 3.06. The van der Waals surface area contributed by atoms with Crippen molar-refractivity contribution >= 4 is 11.5 Å². The molecule has 0 aliphatic heterocycles. The van der Waals surface area contributed by atoms with Crippen molar-refractivity contribution in [3.63, 3.8) is 0 Å². The number of ketones is 1. The number of nitro benzene ring substituents is 1.